The van der Waals surface area contributed by atoms with Crippen molar-refractivity contribution in [2.75, 3.05) is 0 Å². The van der Waals surface area contributed by atoms with Crippen LogP contribution in [-0.4, -0.2) is 23.4 Å². The summed E-state index contributed by atoms with van der Waals surface area (Å²) in [6.45, 7) is 6.48. The Hall–Kier alpha value is -1.49. The van der Waals surface area contributed by atoms with Gasteiger partial charge in [0.25, 0.3) is 0 Å². The molecule has 1 aliphatic rings. The van der Waals surface area contributed by atoms with Gasteiger partial charge in [-0.15, -0.1) is 0 Å². The van der Waals surface area contributed by atoms with Gasteiger partial charge in [-0.25, -0.2) is 9.98 Å². The maximum absolute atomic E-state index is 5.73. The fourth-order valence-electron chi connectivity index (χ4n) is 1.66. The molecule has 92 valence electrons. The van der Waals surface area contributed by atoms with Crippen LogP contribution in [0.25, 0.3) is 0 Å². The summed E-state index contributed by atoms with van der Waals surface area (Å²) in [5, 5.41) is 4.03. The summed E-state index contributed by atoms with van der Waals surface area (Å²) in [6, 6.07) is 1.89. The van der Waals surface area contributed by atoms with Crippen molar-refractivity contribution in [1.82, 2.24) is 5.16 Å². The quantitative estimate of drug-likeness (QED) is 0.847. The number of nitrogens with two attached hydrogens (primary N) is 1. The molecule has 1 atom stereocenters. The summed E-state index contributed by atoms with van der Waals surface area (Å²) in [7, 11) is 0. The van der Waals surface area contributed by atoms with Crippen LogP contribution in [0.5, 0.6) is 0 Å². The second kappa shape index (κ2) is 4.41. The van der Waals surface area contributed by atoms with E-state index in [-0.39, 0.29) is 11.6 Å². The fraction of sp³-hybridized carbons (Fsp3) is 0.583. The molecule has 2 heterocycles. The number of rotatable bonds is 2. The third-order valence-electron chi connectivity index (χ3n) is 2.34. The zero-order valence-electron chi connectivity index (χ0n) is 10.5. The monoisotopic (exact) mass is 234 g/mol. The van der Waals surface area contributed by atoms with Gasteiger partial charge in [0.1, 0.15) is 6.17 Å². The normalized spacial score (nSPS) is 20.5. The van der Waals surface area contributed by atoms with Crippen LogP contribution in [0.1, 0.15) is 38.6 Å². The molecular formula is C12H18N4O. The van der Waals surface area contributed by atoms with E-state index in [0.717, 1.165) is 12.1 Å². The Morgan fingerprint density at radius 3 is 2.88 bits per heavy atom. The minimum Gasteiger partial charge on any atom is -0.353 e. The smallest absolute Gasteiger partial charge is 0.204 e. The van der Waals surface area contributed by atoms with Gasteiger partial charge in [0.2, 0.25) is 5.76 Å². The highest BCUT2D eigenvalue weighted by molar-refractivity contribution is 6.02. The third kappa shape index (κ3) is 3.23. The number of hydrogen-bond donors (Lipinski definition) is 1. The van der Waals surface area contributed by atoms with E-state index in [4.69, 9.17) is 10.3 Å². The molecule has 0 radical (unpaired) electrons. The van der Waals surface area contributed by atoms with Crippen molar-refractivity contribution in [3.63, 3.8) is 0 Å². The van der Waals surface area contributed by atoms with Crippen LogP contribution >= 0.6 is 0 Å². The molecule has 17 heavy (non-hydrogen) atoms. The van der Waals surface area contributed by atoms with E-state index in [1.807, 2.05) is 6.07 Å². The van der Waals surface area contributed by atoms with Gasteiger partial charge in [-0.05, 0) is 11.8 Å². The zero-order valence-corrected chi connectivity index (χ0v) is 10.5. The Bertz CT molecular complexity index is 453. The van der Waals surface area contributed by atoms with E-state index in [2.05, 4.69) is 35.9 Å². The molecule has 0 saturated heterocycles. The minimum atomic E-state index is -0.223. The number of amidine groups is 1. The molecule has 1 unspecified atom stereocenters. The maximum atomic E-state index is 5.73. The average molecular weight is 234 g/mol. The van der Waals surface area contributed by atoms with Gasteiger partial charge in [0.05, 0.1) is 5.69 Å². The molecule has 0 aromatic carbocycles. The summed E-state index contributed by atoms with van der Waals surface area (Å²) in [4.78, 5) is 8.40. The highest BCUT2D eigenvalue weighted by Crippen LogP contribution is 2.21. The molecule has 1 aromatic heterocycles. The summed E-state index contributed by atoms with van der Waals surface area (Å²) in [5.41, 5.74) is 6.83. The highest BCUT2D eigenvalue weighted by atomic mass is 16.5. The first kappa shape index (κ1) is 12.0. The van der Waals surface area contributed by atoms with E-state index in [1.54, 1.807) is 6.21 Å². The van der Waals surface area contributed by atoms with Crippen LogP contribution in [0.15, 0.2) is 20.6 Å². The second-order valence-corrected chi connectivity index (χ2v) is 5.49. The van der Waals surface area contributed by atoms with Gasteiger partial charge in [0.15, 0.2) is 5.84 Å². The van der Waals surface area contributed by atoms with E-state index < -0.39 is 0 Å². The lowest BCUT2D eigenvalue weighted by Gasteiger charge is -2.15. The minimum absolute atomic E-state index is 0.183. The van der Waals surface area contributed by atoms with Crippen molar-refractivity contribution < 1.29 is 4.52 Å². The standard InChI is InChI=1S/C12H18N4O/c1-12(2,3)7-8-6-9(17-16-8)11-14-5-4-10(13)15-11/h5-6,10H,4,7,13H2,1-3H3. The molecule has 2 N–H and O–H groups in total. The first-order valence-corrected chi connectivity index (χ1v) is 5.76. The lowest BCUT2D eigenvalue weighted by atomic mass is 9.90. The molecule has 2 rings (SSSR count). The van der Waals surface area contributed by atoms with Crippen LogP contribution in [-0.2, 0) is 6.42 Å². The number of aromatic nitrogens is 1. The second-order valence-electron chi connectivity index (χ2n) is 5.49. The number of nitrogens with zero attached hydrogens (tertiary/aromatic N) is 3. The summed E-state index contributed by atoms with van der Waals surface area (Å²) in [6.07, 6.45) is 3.07. The predicted molar refractivity (Wildman–Crippen MR) is 67.3 cm³/mol. The first-order valence-electron chi connectivity index (χ1n) is 5.76. The molecule has 5 heteroatoms. The molecule has 5 nitrogen and oxygen atoms in total. The lowest BCUT2D eigenvalue weighted by Crippen LogP contribution is -2.22. The molecule has 0 bridgehead atoms. The van der Waals surface area contributed by atoms with Crippen molar-refractivity contribution in [3.05, 3.63) is 17.5 Å². The largest absolute Gasteiger partial charge is 0.353 e. The van der Waals surface area contributed by atoms with Crippen molar-refractivity contribution in [2.24, 2.45) is 21.1 Å². The Morgan fingerprint density at radius 2 is 2.24 bits per heavy atom. The van der Waals surface area contributed by atoms with E-state index in [9.17, 15) is 0 Å². The lowest BCUT2D eigenvalue weighted by molar-refractivity contribution is 0.368. The Balaban J connectivity index is 2.16. The topological polar surface area (TPSA) is 76.8 Å². The van der Waals surface area contributed by atoms with Gasteiger partial charge >= 0.3 is 0 Å². The SMILES string of the molecule is CC(C)(C)Cc1cc(C2=NC(N)CC=N2)on1. The molecule has 0 fully saturated rings. The Labute approximate surface area is 101 Å². The van der Waals surface area contributed by atoms with Crippen LogP contribution in [0.3, 0.4) is 0 Å². The van der Waals surface area contributed by atoms with E-state index in [1.165, 1.54) is 0 Å². The van der Waals surface area contributed by atoms with Gasteiger partial charge in [-0.2, -0.15) is 0 Å². The third-order valence-corrected chi connectivity index (χ3v) is 2.34. The molecule has 1 aromatic rings. The van der Waals surface area contributed by atoms with E-state index in [0.29, 0.717) is 18.0 Å². The molecule has 1 aliphatic heterocycles. The Morgan fingerprint density at radius 1 is 1.47 bits per heavy atom. The summed E-state index contributed by atoms with van der Waals surface area (Å²) in [5.74, 6) is 1.13. The maximum Gasteiger partial charge on any atom is 0.204 e. The van der Waals surface area contributed by atoms with E-state index >= 15 is 0 Å². The average Bonchev–Trinajstić information content (AvgIpc) is 2.63. The van der Waals surface area contributed by atoms with Crippen molar-refractivity contribution in [3.8, 4) is 0 Å². The fourth-order valence-corrected chi connectivity index (χ4v) is 1.66. The van der Waals surface area contributed by atoms with Crippen LogP contribution in [0.2, 0.25) is 0 Å². The molecule has 0 aliphatic carbocycles. The van der Waals surface area contributed by atoms with Gasteiger partial charge < -0.3 is 10.3 Å². The van der Waals surface area contributed by atoms with Crippen molar-refractivity contribution in [2.45, 2.75) is 39.8 Å². The Kier molecular flexibility index (Phi) is 3.11. The highest BCUT2D eigenvalue weighted by Gasteiger charge is 2.18. The van der Waals surface area contributed by atoms with Crippen LogP contribution in [0, 0.1) is 5.41 Å². The summed E-state index contributed by atoms with van der Waals surface area (Å²) >= 11 is 0. The molecule has 0 amide bonds. The van der Waals surface area contributed by atoms with Gasteiger partial charge in [-0.3, -0.25) is 0 Å². The first-order chi connectivity index (χ1) is 7.94. The zero-order chi connectivity index (χ0) is 12.5. The molecule has 0 saturated carbocycles. The van der Waals surface area contributed by atoms with Crippen LogP contribution in [0.4, 0.5) is 0 Å². The van der Waals surface area contributed by atoms with Crippen molar-refractivity contribution in [1.29, 1.82) is 0 Å². The van der Waals surface area contributed by atoms with Gasteiger partial charge in [0, 0.05) is 18.7 Å². The number of hydrogen-bond acceptors (Lipinski definition) is 5. The van der Waals surface area contributed by atoms with Crippen molar-refractivity contribution >= 4 is 12.1 Å². The van der Waals surface area contributed by atoms with Gasteiger partial charge in [-0.1, -0.05) is 25.9 Å². The molecular weight excluding hydrogens is 216 g/mol. The molecule has 0 spiro atoms. The predicted octanol–water partition coefficient (Wildman–Crippen LogP) is 1.77. The summed E-state index contributed by atoms with van der Waals surface area (Å²) < 4.78 is 5.25. The van der Waals surface area contributed by atoms with Crippen LogP contribution < -0.4 is 5.73 Å². The number of aliphatic imine (C=N–C) groups is 2.